The van der Waals surface area contributed by atoms with Gasteiger partial charge in [-0.2, -0.15) is 0 Å². The number of alkyl halides is 2. The smallest absolute Gasteiger partial charge is 0.267 e. The predicted molar refractivity (Wildman–Crippen MR) is 68.9 cm³/mol. The van der Waals surface area contributed by atoms with Crippen LogP contribution >= 0.6 is 0 Å². The number of halogens is 2. The summed E-state index contributed by atoms with van der Waals surface area (Å²) in [5.41, 5.74) is 0.213. The Bertz CT molecular complexity index is 432. The molecule has 106 valence electrons. The maximum atomic E-state index is 12.9. The molecule has 0 saturated carbocycles. The number of hydrogen-bond acceptors (Lipinski definition) is 3. The lowest BCUT2D eigenvalue weighted by Gasteiger charge is -2.23. The van der Waals surface area contributed by atoms with Crippen LogP contribution in [-0.2, 0) is 6.42 Å². The van der Waals surface area contributed by atoms with Crippen molar-refractivity contribution >= 4 is 0 Å². The Morgan fingerprint density at radius 3 is 2.63 bits per heavy atom. The largest absolute Gasteiger partial charge is 0.507 e. The van der Waals surface area contributed by atoms with Gasteiger partial charge < -0.3 is 15.2 Å². The Hall–Kier alpha value is -1.36. The van der Waals surface area contributed by atoms with Crippen molar-refractivity contribution < 1.29 is 18.6 Å². The van der Waals surface area contributed by atoms with Crippen LogP contribution in [0.25, 0.3) is 0 Å². The van der Waals surface area contributed by atoms with Crippen LogP contribution in [0, 0.1) is 5.92 Å². The minimum absolute atomic E-state index is 0.283. The number of phenols is 1. The molecule has 19 heavy (non-hydrogen) atoms. The van der Waals surface area contributed by atoms with Gasteiger partial charge in [0.15, 0.2) is 0 Å². The van der Waals surface area contributed by atoms with E-state index in [1.54, 1.807) is 6.07 Å². The highest BCUT2D eigenvalue weighted by molar-refractivity contribution is 5.47. The first-order valence-corrected chi connectivity index (χ1v) is 6.50. The number of hydrogen-bond donors (Lipinski definition) is 2. The first kappa shape index (κ1) is 14.1. The summed E-state index contributed by atoms with van der Waals surface area (Å²) < 4.78 is 30.8. The number of aromatic hydroxyl groups is 1. The SMILES string of the molecule is COc1cc(CC2CCNCC2)c(O)c(C(F)F)c1. The Morgan fingerprint density at radius 1 is 1.37 bits per heavy atom. The topological polar surface area (TPSA) is 41.5 Å². The molecule has 1 aliphatic heterocycles. The van der Waals surface area contributed by atoms with Crippen molar-refractivity contribution in [2.45, 2.75) is 25.7 Å². The first-order valence-electron chi connectivity index (χ1n) is 6.50. The van der Waals surface area contributed by atoms with Gasteiger partial charge in [-0.3, -0.25) is 0 Å². The van der Waals surface area contributed by atoms with Gasteiger partial charge in [-0.15, -0.1) is 0 Å². The highest BCUT2D eigenvalue weighted by Crippen LogP contribution is 2.36. The summed E-state index contributed by atoms with van der Waals surface area (Å²) >= 11 is 0. The highest BCUT2D eigenvalue weighted by atomic mass is 19.3. The van der Waals surface area contributed by atoms with Gasteiger partial charge in [0.05, 0.1) is 12.7 Å². The second kappa shape index (κ2) is 6.19. The molecule has 0 radical (unpaired) electrons. The molecule has 0 atom stereocenters. The molecule has 3 nitrogen and oxygen atoms in total. The summed E-state index contributed by atoms with van der Waals surface area (Å²) in [4.78, 5) is 0. The van der Waals surface area contributed by atoms with E-state index in [2.05, 4.69) is 5.32 Å². The van der Waals surface area contributed by atoms with Gasteiger partial charge in [0.2, 0.25) is 0 Å². The normalized spacial score (nSPS) is 16.8. The molecule has 0 aromatic heterocycles. The second-order valence-electron chi connectivity index (χ2n) is 4.92. The van der Waals surface area contributed by atoms with Crippen molar-refractivity contribution in [3.8, 4) is 11.5 Å². The van der Waals surface area contributed by atoms with Gasteiger partial charge >= 0.3 is 0 Å². The maximum Gasteiger partial charge on any atom is 0.267 e. The summed E-state index contributed by atoms with van der Waals surface area (Å²) in [5.74, 6) is 0.510. The number of benzene rings is 1. The molecule has 0 amide bonds. The Morgan fingerprint density at radius 2 is 2.05 bits per heavy atom. The molecule has 1 heterocycles. The third-order valence-electron chi connectivity index (χ3n) is 3.63. The monoisotopic (exact) mass is 271 g/mol. The van der Waals surface area contributed by atoms with E-state index in [1.807, 2.05) is 0 Å². The lowest BCUT2D eigenvalue weighted by atomic mass is 9.90. The maximum absolute atomic E-state index is 12.9. The summed E-state index contributed by atoms with van der Waals surface area (Å²) in [7, 11) is 1.44. The van der Waals surface area contributed by atoms with E-state index in [0.717, 1.165) is 25.9 Å². The average Bonchev–Trinajstić information content (AvgIpc) is 2.42. The third kappa shape index (κ3) is 3.35. The summed E-state index contributed by atoms with van der Waals surface area (Å²) in [5, 5.41) is 13.2. The zero-order chi connectivity index (χ0) is 13.8. The summed E-state index contributed by atoms with van der Waals surface area (Å²) in [6.07, 6.45) is -0.0759. The van der Waals surface area contributed by atoms with E-state index in [1.165, 1.54) is 13.2 Å². The summed E-state index contributed by atoms with van der Waals surface area (Å²) in [6, 6.07) is 2.86. The fourth-order valence-corrected chi connectivity index (χ4v) is 2.53. The number of phenolic OH excluding ortho intramolecular Hbond substituents is 1. The van der Waals surface area contributed by atoms with Crippen LogP contribution in [0.4, 0.5) is 8.78 Å². The number of nitrogens with one attached hydrogen (secondary N) is 1. The third-order valence-corrected chi connectivity index (χ3v) is 3.63. The van der Waals surface area contributed by atoms with Crippen molar-refractivity contribution in [3.05, 3.63) is 23.3 Å². The predicted octanol–water partition coefficient (Wildman–Crippen LogP) is 2.88. The number of methoxy groups -OCH3 is 1. The molecule has 5 heteroatoms. The van der Waals surface area contributed by atoms with Gasteiger partial charge in [0.1, 0.15) is 11.5 Å². The second-order valence-corrected chi connectivity index (χ2v) is 4.92. The van der Waals surface area contributed by atoms with E-state index in [4.69, 9.17) is 4.74 Å². The summed E-state index contributed by atoms with van der Waals surface area (Å²) in [6.45, 7) is 1.88. The van der Waals surface area contributed by atoms with Crippen LogP contribution < -0.4 is 10.1 Å². The van der Waals surface area contributed by atoms with Gasteiger partial charge in [-0.1, -0.05) is 0 Å². The lowest BCUT2D eigenvalue weighted by Crippen LogP contribution is -2.28. The Balaban J connectivity index is 2.24. The molecule has 1 fully saturated rings. The molecule has 1 aliphatic rings. The molecule has 2 rings (SSSR count). The van der Waals surface area contributed by atoms with Crippen molar-refractivity contribution in [1.82, 2.24) is 5.32 Å². The van der Waals surface area contributed by atoms with E-state index >= 15 is 0 Å². The standard InChI is InChI=1S/C14H19F2NO2/c1-19-11-7-10(6-9-2-4-17-5-3-9)13(18)12(8-11)14(15)16/h7-9,14,17-18H,2-6H2,1H3. The molecule has 0 aliphatic carbocycles. The fourth-order valence-electron chi connectivity index (χ4n) is 2.53. The molecule has 2 N–H and O–H groups in total. The van der Waals surface area contributed by atoms with Crippen LogP contribution in [0.3, 0.4) is 0 Å². The van der Waals surface area contributed by atoms with Crippen molar-refractivity contribution in [2.24, 2.45) is 5.92 Å². The van der Waals surface area contributed by atoms with Gasteiger partial charge in [0, 0.05) is 0 Å². The zero-order valence-corrected chi connectivity index (χ0v) is 11.0. The molecule has 0 bridgehead atoms. The first-order chi connectivity index (χ1) is 9.11. The molecular weight excluding hydrogens is 252 g/mol. The van der Waals surface area contributed by atoms with Crippen LogP contribution in [0.2, 0.25) is 0 Å². The van der Waals surface area contributed by atoms with Crippen molar-refractivity contribution in [3.63, 3.8) is 0 Å². The Labute approximate surface area is 111 Å². The molecule has 1 aromatic rings. The quantitative estimate of drug-likeness (QED) is 0.884. The van der Waals surface area contributed by atoms with Gasteiger partial charge in [0.25, 0.3) is 6.43 Å². The van der Waals surface area contributed by atoms with E-state index in [0.29, 0.717) is 23.7 Å². The van der Waals surface area contributed by atoms with Crippen LogP contribution in [-0.4, -0.2) is 25.3 Å². The van der Waals surface area contributed by atoms with Gasteiger partial charge in [-0.05, 0) is 56.0 Å². The molecule has 0 spiro atoms. The van der Waals surface area contributed by atoms with E-state index < -0.39 is 6.43 Å². The molecular formula is C14H19F2NO2. The van der Waals surface area contributed by atoms with Crippen molar-refractivity contribution in [1.29, 1.82) is 0 Å². The number of rotatable bonds is 4. The molecule has 0 unspecified atom stereocenters. The highest BCUT2D eigenvalue weighted by Gasteiger charge is 2.21. The van der Waals surface area contributed by atoms with Gasteiger partial charge in [-0.25, -0.2) is 8.78 Å². The Kier molecular flexibility index (Phi) is 4.58. The van der Waals surface area contributed by atoms with Crippen LogP contribution in [0.5, 0.6) is 11.5 Å². The number of piperidine rings is 1. The zero-order valence-electron chi connectivity index (χ0n) is 11.0. The minimum atomic E-state index is -2.69. The number of ether oxygens (including phenoxy) is 1. The van der Waals surface area contributed by atoms with E-state index in [-0.39, 0.29) is 11.3 Å². The molecule has 1 aromatic carbocycles. The van der Waals surface area contributed by atoms with Crippen LogP contribution in [0.15, 0.2) is 12.1 Å². The minimum Gasteiger partial charge on any atom is -0.507 e. The van der Waals surface area contributed by atoms with E-state index in [9.17, 15) is 13.9 Å². The fraction of sp³-hybridized carbons (Fsp3) is 0.571. The van der Waals surface area contributed by atoms with Crippen molar-refractivity contribution in [2.75, 3.05) is 20.2 Å². The lowest BCUT2D eigenvalue weighted by molar-refractivity contribution is 0.146. The molecule has 1 saturated heterocycles. The van der Waals surface area contributed by atoms with Crippen LogP contribution in [0.1, 0.15) is 30.4 Å². The average molecular weight is 271 g/mol.